The van der Waals surface area contributed by atoms with Gasteiger partial charge in [0, 0.05) is 33.2 Å². The average Bonchev–Trinajstić information content (AvgIpc) is 2.35. The van der Waals surface area contributed by atoms with E-state index in [0.29, 0.717) is 16.6 Å². The van der Waals surface area contributed by atoms with Crippen LogP contribution in [0.4, 0.5) is 0 Å². The molecule has 0 aliphatic carbocycles. The van der Waals surface area contributed by atoms with Crippen LogP contribution in [0.25, 0.3) is 0 Å². The molecule has 1 nitrogen and oxygen atoms in total. The van der Waals surface area contributed by atoms with Gasteiger partial charge in [-0.15, -0.1) is 0 Å². The van der Waals surface area contributed by atoms with Crippen molar-refractivity contribution in [2.24, 2.45) is 0 Å². The Hall–Kier alpha value is -0.540. The van der Waals surface area contributed by atoms with E-state index >= 15 is 0 Å². The van der Waals surface area contributed by atoms with Crippen LogP contribution in [0.1, 0.15) is 11.1 Å². The smallest absolute Gasteiger partial charge is 0.0465 e. The van der Waals surface area contributed by atoms with Gasteiger partial charge in [0.2, 0.25) is 0 Å². The molecule has 0 aliphatic heterocycles. The summed E-state index contributed by atoms with van der Waals surface area (Å²) in [7, 11) is 0. The lowest BCUT2D eigenvalue weighted by atomic mass is 10.2. The molecule has 0 atom stereocenters. The quantitative estimate of drug-likeness (QED) is 0.818. The highest BCUT2D eigenvalue weighted by atomic mass is 79.9. The summed E-state index contributed by atoms with van der Waals surface area (Å²) in [6.07, 6.45) is 0. The molecule has 0 saturated heterocycles. The van der Waals surface area contributed by atoms with E-state index in [1.54, 1.807) is 0 Å². The molecule has 2 aromatic rings. The lowest BCUT2D eigenvalue weighted by molar-refractivity contribution is 0.693. The van der Waals surface area contributed by atoms with Gasteiger partial charge in [0.1, 0.15) is 0 Å². The lowest BCUT2D eigenvalue weighted by Crippen LogP contribution is -2.13. The minimum atomic E-state index is 0.661. The zero-order valence-corrected chi connectivity index (χ0v) is 12.7. The van der Waals surface area contributed by atoms with Gasteiger partial charge in [-0.1, -0.05) is 57.3 Å². The van der Waals surface area contributed by atoms with E-state index in [2.05, 4.69) is 33.4 Å². The monoisotopic (exact) mass is 343 g/mol. The molecule has 0 spiro atoms. The van der Waals surface area contributed by atoms with Crippen LogP contribution in [0.2, 0.25) is 10.0 Å². The number of halogens is 3. The van der Waals surface area contributed by atoms with Gasteiger partial charge in [-0.05, 0) is 29.8 Å². The second-order valence-corrected chi connectivity index (χ2v) is 5.66. The Labute approximate surface area is 125 Å². The largest absolute Gasteiger partial charge is 0.309 e. The molecule has 0 unspecified atom stereocenters. The molecule has 0 fully saturated rings. The van der Waals surface area contributed by atoms with Crippen LogP contribution < -0.4 is 5.32 Å². The molecular weight excluding hydrogens is 333 g/mol. The maximum atomic E-state index is 6.10. The fourth-order valence-corrected chi connectivity index (χ4v) is 2.43. The first-order valence-corrected chi connectivity index (χ1v) is 7.10. The first-order valence-electron chi connectivity index (χ1n) is 5.55. The molecule has 18 heavy (non-hydrogen) atoms. The first kappa shape index (κ1) is 13.9. The minimum absolute atomic E-state index is 0.661. The maximum Gasteiger partial charge on any atom is 0.0465 e. The van der Waals surface area contributed by atoms with E-state index in [9.17, 15) is 0 Å². The van der Waals surface area contributed by atoms with Gasteiger partial charge in [-0.3, -0.25) is 0 Å². The molecule has 0 saturated carbocycles. The first-order chi connectivity index (χ1) is 8.66. The van der Waals surface area contributed by atoms with Crippen LogP contribution in [-0.4, -0.2) is 0 Å². The van der Waals surface area contributed by atoms with Crippen molar-refractivity contribution in [3.8, 4) is 0 Å². The highest BCUT2D eigenvalue weighted by Crippen LogP contribution is 2.23. The van der Waals surface area contributed by atoms with Crippen molar-refractivity contribution in [1.82, 2.24) is 5.32 Å². The highest BCUT2D eigenvalue weighted by molar-refractivity contribution is 9.10. The Morgan fingerprint density at radius 3 is 2.11 bits per heavy atom. The van der Waals surface area contributed by atoms with Gasteiger partial charge in [0.25, 0.3) is 0 Å². The zero-order chi connectivity index (χ0) is 13.0. The van der Waals surface area contributed by atoms with Gasteiger partial charge < -0.3 is 5.32 Å². The van der Waals surface area contributed by atoms with Crippen molar-refractivity contribution < 1.29 is 0 Å². The average molecular weight is 345 g/mol. The normalized spacial score (nSPS) is 10.6. The number of rotatable bonds is 4. The van der Waals surface area contributed by atoms with Crippen molar-refractivity contribution in [3.63, 3.8) is 0 Å². The molecule has 0 radical (unpaired) electrons. The topological polar surface area (TPSA) is 12.0 Å². The summed E-state index contributed by atoms with van der Waals surface area (Å²) in [5, 5.41) is 4.73. The Morgan fingerprint density at radius 1 is 0.889 bits per heavy atom. The van der Waals surface area contributed by atoms with Crippen molar-refractivity contribution in [2.45, 2.75) is 13.1 Å². The third kappa shape index (κ3) is 3.72. The summed E-state index contributed by atoms with van der Waals surface area (Å²) in [6.45, 7) is 1.45. The van der Waals surface area contributed by atoms with Crippen LogP contribution in [0.3, 0.4) is 0 Å². The molecule has 0 amide bonds. The van der Waals surface area contributed by atoms with Gasteiger partial charge in [-0.25, -0.2) is 0 Å². The van der Waals surface area contributed by atoms with Crippen LogP contribution in [0.5, 0.6) is 0 Å². The van der Waals surface area contributed by atoms with Gasteiger partial charge >= 0.3 is 0 Å². The fraction of sp³-hybridized carbons (Fsp3) is 0.143. The second-order valence-electron chi connectivity index (χ2n) is 3.93. The summed E-state index contributed by atoms with van der Waals surface area (Å²) in [5.74, 6) is 0. The van der Waals surface area contributed by atoms with Crippen LogP contribution in [0.15, 0.2) is 46.9 Å². The Balaban J connectivity index is 1.94. The molecule has 1 N–H and O–H groups in total. The molecule has 2 rings (SSSR count). The van der Waals surface area contributed by atoms with E-state index in [1.165, 1.54) is 5.56 Å². The number of benzene rings is 2. The van der Waals surface area contributed by atoms with Crippen molar-refractivity contribution in [3.05, 3.63) is 68.1 Å². The van der Waals surface area contributed by atoms with Gasteiger partial charge in [-0.2, -0.15) is 0 Å². The molecule has 4 heteroatoms. The van der Waals surface area contributed by atoms with E-state index in [4.69, 9.17) is 23.2 Å². The summed E-state index contributed by atoms with van der Waals surface area (Å²) < 4.78 is 1.08. The molecule has 0 aliphatic rings. The third-order valence-corrected chi connectivity index (χ3v) is 3.84. The summed E-state index contributed by atoms with van der Waals surface area (Å²) >= 11 is 15.6. The van der Waals surface area contributed by atoms with Gasteiger partial charge in [0.15, 0.2) is 0 Å². The molecule has 94 valence electrons. The Morgan fingerprint density at radius 2 is 1.50 bits per heavy atom. The lowest BCUT2D eigenvalue weighted by Gasteiger charge is -2.08. The van der Waals surface area contributed by atoms with Crippen LogP contribution >= 0.6 is 39.1 Å². The predicted octanol–water partition coefficient (Wildman–Crippen LogP) is 5.05. The molecule has 2 aromatic carbocycles. The maximum absolute atomic E-state index is 6.10. The van der Waals surface area contributed by atoms with Crippen molar-refractivity contribution in [2.75, 3.05) is 0 Å². The van der Waals surface area contributed by atoms with Crippen molar-refractivity contribution >= 4 is 39.1 Å². The zero-order valence-electron chi connectivity index (χ0n) is 9.59. The predicted molar refractivity (Wildman–Crippen MR) is 81.1 cm³/mol. The summed E-state index contributed by atoms with van der Waals surface area (Å²) in [4.78, 5) is 0. The second kappa shape index (κ2) is 6.58. The van der Waals surface area contributed by atoms with E-state index in [0.717, 1.165) is 16.6 Å². The number of hydrogen-bond acceptors (Lipinski definition) is 1. The van der Waals surface area contributed by atoms with Crippen LogP contribution in [0, 0.1) is 0 Å². The summed E-state index contributed by atoms with van der Waals surface area (Å²) in [5.41, 5.74) is 2.17. The Kier molecular flexibility index (Phi) is 5.07. The third-order valence-electron chi connectivity index (χ3n) is 2.61. The standard InChI is InChI=1S/C14H12BrCl2N/c15-11-6-4-10(5-7-11)8-18-9-12-13(16)2-1-3-14(12)17/h1-7,18H,8-9H2. The van der Waals surface area contributed by atoms with E-state index < -0.39 is 0 Å². The van der Waals surface area contributed by atoms with E-state index in [1.807, 2.05) is 30.3 Å². The number of hydrogen-bond donors (Lipinski definition) is 1. The Bertz CT molecular complexity index is 506. The minimum Gasteiger partial charge on any atom is -0.309 e. The molecular formula is C14H12BrCl2N. The number of nitrogens with one attached hydrogen (secondary N) is 1. The van der Waals surface area contributed by atoms with E-state index in [-0.39, 0.29) is 0 Å². The molecule has 0 bridgehead atoms. The van der Waals surface area contributed by atoms with Crippen LogP contribution in [-0.2, 0) is 13.1 Å². The SMILES string of the molecule is Clc1cccc(Cl)c1CNCc1ccc(Br)cc1. The summed E-state index contributed by atoms with van der Waals surface area (Å²) in [6, 6.07) is 13.8. The molecule has 0 heterocycles. The molecule has 0 aromatic heterocycles. The van der Waals surface area contributed by atoms with Gasteiger partial charge in [0.05, 0.1) is 0 Å². The highest BCUT2D eigenvalue weighted by Gasteiger charge is 2.04. The van der Waals surface area contributed by atoms with Crippen molar-refractivity contribution in [1.29, 1.82) is 0 Å². The fourth-order valence-electron chi connectivity index (χ4n) is 1.64.